The summed E-state index contributed by atoms with van der Waals surface area (Å²) in [6.07, 6.45) is 12.5. The van der Waals surface area contributed by atoms with E-state index in [2.05, 4.69) is 5.32 Å². The molecule has 0 bridgehead atoms. The summed E-state index contributed by atoms with van der Waals surface area (Å²) in [5.74, 6) is -0.204. The molecule has 0 spiro atoms. The van der Waals surface area contributed by atoms with E-state index in [0.29, 0.717) is 25.0 Å². The van der Waals surface area contributed by atoms with E-state index in [0.717, 1.165) is 55.5 Å². The number of aliphatic carboxylic acids is 1. The van der Waals surface area contributed by atoms with E-state index >= 15 is 0 Å². The number of hydrogen-bond acceptors (Lipinski definition) is 5. The van der Waals surface area contributed by atoms with Gasteiger partial charge in [0.1, 0.15) is 0 Å². The number of anilines is 1. The predicted octanol–water partition coefficient (Wildman–Crippen LogP) is 6.15. The molecule has 188 valence electrons. The molecule has 33 heavy (non-hydrogen) atoms. The minimum absolute atomic E-state index is 0.0163. The smallest absolute Gasteiger partial charge is 0.303 e. The number of carboxylic acids is 1. The molecule has 9 heteroatoms. The Bertz CT molecular complexity index is 798. The highest BCUT2D eigenvalue weighted by molar-refractivity contribution is 7.99. The quantitative estimate of drug-likeness (QED) is 0.111. The number of nitrogens with one attached hydrogen (secondary N) is 1. The van der Waals surface area contributed by atoms with Crippen LogP contribution in [0.15, 0.2) is 29.2 Å². The molecule has 0 saturated carbocycles. The molecule has 0 aliphatic carbocycles. The van der Waals surface area contributed by atoms with Crippen LogP contribution in [-0.4, -0.2) is 41.5 Å². The van der Waals surface area contributed by atoms with Crippen molar-refractivity contribution in [2.24, 2.45) is 0 Å². The number of carboxylic acid groups (broad SMARTS) is 1. The van der Waals surface area contributed by atoms with Crippen molar-refractivity contribution in [1.82, 2.24) is 0 Å². The number of carbonyl (C=O) groups is 2. The normalized spacial score (nSPS) is 11.4. The molecule has 0 radical (unpaired) electrons. The van der Waals surface area contributed by atoms with Gasteiger partial charge in [-0.25, -0.2) is 0 Å². The number of amides is 1. The second kappa shape index (κ2) is 17.8. The molecule has 0 unspecified atom stereocenters. The van der Waals surface area contributed by atoms with Crippen LogP contribution in [0.25, 0.3) is 0 Å². The Morgan fingerprint density at radius 2 is 1.33 bits per heavy atom. The first kappa shape index (κ1) is 29.5. The zero-order valence-corrected chi connectivity index (χ0v) is 21.1. The van der Waals surface area contributed by atoms with E-state index < -0.39 is 16.1 Å². The summed E-state index contributed by atoms with van der Waals surface area (Å²) in [5, 5.41) is 11.7. The highest BCUT2D eigenvalue weighted by Gasteiger charge is 2.08. The van der Waals surface area contributed by atoms with Gasteiger partial charge >= 0.3 is 5.97 Å². The van der Waals surface area contributed by atoms with Gasteiger partial charge in [0.15, 0.2) is 0 Å². The molecule has 7 nitrogen and oxygen atoms in total. The third kappa shape index (κ3) is 17.5. The number of carbonyl (C=O) groups excluding carboxylic acids is 1. The molecule has 0 aromatic heterocycles. The van der Waals surface area contributed by atoms with Crippen molar-refractivity contribution >= 4 is 39.4 Å². The highest BCUT2D eigenvalue weighted by Crippen LogP contribution is 2.28. The zero-order chi connectivity index (χ0) is 24.4. The van der Waals surface area contributed by atoms with Crippen LogP contribution in [0.3, 0.4) is 0 Å². The van der Waals surface area contributed by atoms with Crippen molar-refractivity contribution in [2.45, 2.75) is 94.8 Å². The Morgan fingerprint density at radius 3 is 1.91 bits per heavy atom. The van der Waals surface area contributed by atoms with E-state index in [9.17, 15) is 18.0 Å². The van der Waals surface area contributed by atoms with Gasteiger partial charge in [0, 0.05) is 17.7 Å². The van der Waals surface area contributed by atoms with E-state index in [1.165, 1.54) is 19.3 Å². The summed E-state index contributed by atoms with van der Waals surface area (Å²) in [4.78, 5) is 23.9. The second-order valence-corrected chi connectivity index (χ2v) is 11.0. The number of hydrogen-bond donors (Lipinski definition) is 3. The van der Waals surface area contributed by atoms with Gasteiger partial charge in [-0.3, -0.25) is 14.1 Å². The van der Waals surface area contributed by atoms with Crippen LogP contribution >= 0.6 is 11.8 Å². The number of para-hydroxylation sites is 1. The minimum atomic E-state index is -3.81. The van der Waals surface area contributed by atoms with Crippen LogP contribution < -0.4 is 5.32 Å². The van der Waals surface area contributed by atoms with Gasteiger partial charge in [-0.05, 0) is 37.1 Å². The summed E-state index contributed by atoms with van der Waals surface area (Å²) in [6, 6.07) is 7.63. The first-order valence-corrected chi connectivity index (χ1v) is 14.6. The number of unbranched alkanes of at least 4 members (excludes halogenated alkanes) is 10. The molecule has 0 saturated heterocycles. The van der Waals surface area contributed by atoms with E-state index in [-0.39, 0.29) is 18.1 Å². The molecular weight excluding hydrogens is 462 g/mol. The summed E-state index contributed by atoms with van der Waals surface area (Å²) in [6.45, 7) is 0. The van der Waals surface area contributed by atoms with Crippen LogP contribution in [0.5, 0.6) is 0 Å². The summed E-state index contributed by atoms with van der Waals surface area (Å²) < 4.78 is 29.9. The molecule has 3 N–H and O–H groups in total. The Kier molecular flexibility index (Phi) is 15.9. The SMILES string of the molecule is O=C(O)CCCSc1ccccc1NC(=O)CCCCCCCCCCCCCS(=O)(=O)O. The van der Waals surface area contributed by atoms with Crippen molar-refractivity contribution in [3.05, 3.63) is 24.3 Å². The maximum atomic E-state index is 12.3. The van der Waals surface area contributed by atoms with Crippen LogP contribution in [0.4, 0.5) is 5.69 Å². The maximum absolute atomic E-state index is 12.3. The topological polar surface area (TPSA) is 121 Å². The Balaban J connectivity index is 2.03. The third-order valence-corrected chi connectivity index (χ3v) is 7.22. The number of thioether (sulfide) groups is 1. The zero-order valence-electron chi connectivity index (χ0n) is 19.5. The largest absolute Gasteiger partial charge is 0.481 e. The molecule has 1 amide bonds. The second-order valence-electron chi connectivity index (χ2n) is 8.32. The molecule has 1 rings (SSSR count). The first-order valence-electron chi connectivity index (χ1n) is 12.0. The molecule has 0 heterocycles. The van der Waals surface area contributed by atoms with Crippen LogP contribution in [-0.2, 0) is 19.7 Å². The fourth-order valence-corrected chi connectivity index (χ4v) is 5.00. The average Bonchev–Trinajstić information content (AvgIpc) is 2.74. The lowest BCUT2D eigenvalue weighted by atomic mass is 10.1. The maximum Gasteiger partial charge on any atom is 0.303 e. The minimum Gasteiger partial charge on any atom is -0.481 e. The average molecular weight is 502 g/mol. The van der Waals surface area contributed by atoms with Crippen molar-refractivity contribution < 1.29 is 27.7 Å². The van der Waals surface area contributed by atoms with Crippen LogP contribution in [0, 0.1) is 0 Å². The summed E-state index contributed by atoms with van der Waals surface area (Å²) in [5.41, 5.74) is 0.792. The van der Waals surface area contributed by atoms with Gasteiger partial charge < -0.3 is 10.4 Å². The number of rotatable bonds is 20. The lowest BCUT2D eigenvalue weighted by Gasteiger charge is -2.10. The van der Waals surface area contributed by atoms with Crippen molar-refractivity contribution in [3.8, 4) is 0 Å². The standard InChI is InChI=1S/C24H39NO6S2/c26-23(25-21-15-11-12-16-22(21)32-19-14-18-24(27)28)17-10-8-6-4-2-1-3-5-7-9-13-20-33(29,30)31/h11-12,15-16H,1-10,13-14,17-20H2,(H,25,26)(H,27,28)(H,29,30,31). The fraction of sp³-hybridized carbons (Fsp3) is 0.667. The van der Waals surface area contributed by atoms with E-state index in [4.69, 9.17) is 9.66 Å². The first-order chi connectivity index (χ1) is 15.8. The van der Waals surface area contributed by atoms with Gasteiger partial charge in [0.05, 0.1) is 11.4 Å². The summed E-state index contributed by atoms with van der Waals surface area (Å²) >= 11 is 1.57. The summed E-state index contributed by atoms with van der Waals surface area (Å²) in [7, 11) is -3.81. The monoisotopic (exact) mass is 501 g/mol. The van der Waals surface area contributed by atoms with Crippen LogP contribution in [0.1, 0.15) is 89.9 Å². The van der Waals surface area contributed by atoms with Crippen molar-refractivity contribution in [2.75, 3.05) is 16.8 Å². The van der Waals surface area contributed by atoms with Crippen molar-refractivity contribution in [1.29, 1.82) is 0 Å². The van der Waals surface area contributed by atoms with Crippen LogP contribution in [0.2, 0.25) is 0 Å². The number of benzene rings is 1. The fourth-order valence-electron chi connectivity index (χ4n) is 3.48. The van der Waals surface area contributed by atoms with Gasteiger partial charge in [-0.15, -0.1) is 11.8 Å². The van der Waals surface area contributed by atoms with Crippen molar-refractivity contribution in [3.63, 3.8) is 0 Å². The molecular formula is C24H39NO6S2. The van der Waals surface area contributed by atoms with Gasteiger partial charge in [0.2, 0.25) is 5.91 Å². The van der Waals surface area contributed by atoms with Gasteiger partial charge in [-0.2, -0.15) is 8.42 Å². The van der Waals surface area contributed by atoms with Gasteiger partial charge in [0.25, 0.3) is 10.1 Å². The Morgan fingerprint density at radius 1 is 0.788 bits per heavy atom. The third-order valence-electron chi connectivity index (χ3n) is 5.26. The van der Waals surface area contributed by atoms with E-state index in [1.54, 1.807) is 11.8 Å². The van der Waals surface area contributed by atoms with E-state index in [1.807, 2.05) is 24.3 Å². The lowest BCUT2D eigenvalue weighted by molar-refractivity contribution is -0.137. The lowest BCUT2D eigenvalue weighted by Crippen LogP contribution is -2.11. The highest BCUT2D eigenvalue weighted by atomic mass is 32.2. The molecule has 0 atom stereocenters. The molecule has 0 aliphatic rings. The molecule has 1 aromatic rings. The molecule has 0 fully saturated rings. The Hall–Kier alpha value is -1.58. The Labute approximate surface area is 202 Å². The van der Waals surface area contributed by atoms with Gasteiger partial charge in [-0.1, -0.05) is 69.9 Å². The molecule has 1 aromatic carbocycles. The predicted molar refractivity (Wildman–Crippen MR) is 134 cm³/mol. The molecule has 0 aliphatic heterocycles.